The van der Waals surface area contributed by atoms with Crippen molar-refractivity contribution in [3.05, 3.63) is 35.9 Å². The fourth-order valence-corrected chi connectivity index (χ4v) is 5.80. The predicted molar refractivity (Wildman–Crippen MR) is 178 cm³/mol. The van der Waals surface area contributed by atoms with E-state index in [4.69, 9.17) is 12.8 Å². The standard InChI is InChI=1S/C36H54N4O5/c1-6-8-20-32(41)34(43)31(24-28-18-13-10-14-19-28)39-36(45)30(15-7-2)38-35(44)29(23-27-16-11-9-12-17-27)25-33(42)40(5)22-21-37-26(3)4/h1-2,9,11-12,16-17,26,28-32,34,37,41,43H,8,10,13-15,18-25H2,3-5H3,(H,38,44)(H,39,45)/t29-,30+,31+,32+,34-/m1/s1. The van der Waals surface area contributed by atoms with E-state index in [-0.39, 0.29) is 25.2 Å². The number of hydrogen-bond acceptors (Lipinski definition) is 6. The summed E-state index contributed by atoms with van der Waals surface area (Å²) < 4.78 is 0. The highest BCUT2D eigenvalue weighted by Gasteiger charge is 2.34. The van der Waals surface area contributed by atoms with Crippen LogP contribution in [0.2, 0.25) is 0 Å². The monoisotopic (exact) mass is 622 g/mol. The SMILES string of the molecule is C#CCC[C@H](O)[C@H](O)[C@H](CC1CCCCC1)NC(=O)[C@H](CC#C)NC(=O)[C@@H](CC(=O)N(C)CCNC(C)C)Cc1ccccc1. The molecule has 5 atom stereocenters. The molecular formula is C36H54N4O5. The lowest BCUT2D eigenvalue weighted by atomic mass is 9.82. The molecule has 0 heterocycles. The Hall–Kier alpha value is -3.37. The molecule has 2 rings (SSSR count). The number of aliphatic hydroxyl groups is 2. The number of hydrogen-bond donors (Lipinski definition) is 5. The van der Waals surface area contributed by atoms with Gasteiger partial charge >= 0.3 is 0 Å². The third kappa shape index (κ3) is 14.1. The summed E-state index contributed by atoms with van der Waals surface area (Å²) in [5.74, 6) is 3.36. The second-order valence-corrected chi connectivity index (χ2v) is 12.6. The van der Waals surface area contributed by atoms with E-state index in [9.17, 15) is 24.6 Å². The number of likely N-dealkylation sites (N-methyl/N-ethyl adjacent to an activating group) is 1. The van der Waals surface area contributed by atoms with Crippen molar-refractivity contribution in [3.63, 3.8) is 0 Å². The second-order valence-electron chi connectivity index (χ2n) is 12.6. The van der Waals surface area contributed by atoms with Crippen LogP contribution in [-0.2, 0) is 20.8 Å². The van der Waals surface area contributed by atoms with Crippen LogP contribution < -0.4 is 16.0 Å². The van der Waals surface area contributed by atoms with Gasteiger partial charge in [-0.2, -0.15) is 0 Å². The Balaban J connectivity index is 2.19. The Labute approximate surface area is 270 Å². The third-order valence-electron chi connectivity index (χ3n) is 8.53. The summed E-state index contributed by atoms with van der Waals surface area (Å²) in [7, 11) is 1.71. The quantitative estimate of drug-likeness (QED) is 0.151. The van der Waals surface area contributed by atoms with Gasteiger partial charge in [0, 0.05) is 45.4 Å². The Bertz CT molecular complexity index is 1120. The molecule has 1 aliphatic rings. The first-order valence-corrected chi connectivity index (χ1v) is 16.4. The number of carbonyl (C=O) groups excluding carboxylic acids is 3. The van der Waals surface area contributed by atoms with Gasteiger partial charge in [-0.1, -0.05) is 76.3 Å². The smallest absolute Gasteiger partial charge is 0.243 e. The first kappa shape index (κ1) is 37.8. The van der Waals surface area contributed by atoms with Crippen LogP contribution in [0.3, 0.4) is 0 Å². The van der Waals surface area contributed by atoms with E-state index in [1.165, 1.54) is 0 Å². The third-order valence-corrected chi connectivity index (χ3v) is 8.53. The minimum absolute atomic E-state index is 0.0340. The molecule has 0 radical (unpaired) electrons. The van der Waals surface area contributed by atoms with Gasteiger partial charge in [-0.25, -0.2) is 0 Å². The van der Waals surface area contributed by atoms with E-state index in [1.807, 2.05) is 44.2 Å². The molecule has 1 aliphatic carbocycles. The molecular weight excluding hydrogens is 568 g/mol. The summed E-state index contributed by atoms with van der Waals surface area (Å²) in [6.45, 7) is 5.19. The summed E-state index contributed by atoms with van der Waals surface area (Å²) >= 11 is 0. The number of carbonyl (C=O) groups is 3. The second kappa shape index (κ2) is 20.6. The van der Waals surface area contributed by atoms with Crippen LogP contribution in [0.15, 0.2) is 30.3 Å². The highest BCUT2D eigenvalue weighted by molar-refractivity contribution is 5.91. The van der Waals surface area contributed by atoms with Crippen molar-refractivity contribution in [3.8, 4) is 24.7 Å². The number of aliphatic hydroxyl groups excluding tert-OH is 2. The number of amides is 3. The normalized spacial score (nSPS) is 16.8. The lowest BCUT2D eigenvalue weighted by Gasteiger charge is -2.33. The molecule has 0 aromatic heterocycles. The first-order chi connectivity index (χ1) is 21.5. The Morgan fingerprint density at radius 2 is 1.69 bits per heavy atom. The molecule has 1 saturated carbocycles. The topological polar surface area (TPSA) is 131 Å². The van der Waals surface area contributed by atoms with Crippen LogP contribution in [0.1, 0.15) is 83.6 Å². The van der Waals surface area contributed by atoms with Crippen LogP contribution in [-0.4, -0.2) is 83.3 Å². The molecule has 0 saturated heterocycles. The van der Waals surface area contributed by atoms with Crippen LogP contribution >= 0.6 is 0 Å². The number of nitrogens with one attached hydrogen (secondary N) is 3. The molecule has 45 heavy (non-hydrogen) atoms. The Morgan fingerprint density at radius 1 is 1.00 bits per heavy atom. The largest absolute Gasteiger partial charge is 0.390 e. The Morgan fingerprint density at radius 3 is 2.31 bits per heavy atom. The van der Waals surface area contributed by atoms with Crippen molar-refractivity contribution in [2.45, 2.75) is 115 Å². The van der Waals surface area contributed by atoms with Crippen molar-refractivity contribution in [2.75, 3.05) is 20.1 Å². The van der Waals surface area contributed by atoms with Gasteiger partial charge in [0.15, 0.2) is 0 Å². The van der Waals surface area contributed by atoms with Crippen LogP contribution in [0.4, 0.5) is 0 Å². The summed E-state index contributed by atoms with van der Waals surface area (Å²) in [5, 5.41) is 30.7. The zero-order valence-corrected chi connectivity index (χ0v) is 27.3. The van der Waals surface area contributed by atoms with E-state index < -0.39 is 42.0 Å². The van der Waals surface area contributed by atoms with Crippen molar-refractivity contribution in [1.29, 1.82) is 0 Å². The van der Waals surface area contributed by atoms with E-state index >= 15 is 0 Å². The maximum Gasteiger partial charge on any atom is 0.243 e. The number of rotatable bonds is 19. The molecule has 0 aliphatic heterocycles. The number of nitrogens with zero attached hydrogens (tertiary/aromatic N) is 1. The number of terminal acetylenes is 2. The molecule has 0 bridgehead atoms. The molecule has 5 N–H and O–H groups in total. The number of benzene rings is 1. The maximum absolute atomic E-state index is 13.7. The predicted octanol–water partition coefficient (Wildman–Crippen LogP) is 2.79. The van der Waals surface area contributed by atoms with Gasteiger partial charge in [-0.05, 0) is 30.7 Å². The van der Waals surface area contributed by atoms with Crippen molar-refractivity contribution in [2.24, 2.45) is 11.8 Å². The zero-order valence-electron chi connectivity index (χ0n) is 27.3. The molecule has 9 nitrogen and oxygen atoms in total. The fourth-order valence-electron chi connectivity index (χ4n) is 5.80. The molecule has 9 heteroatoms. The van der Waals surface area contributed by atoms with Crippen LogP contribution in [0.5, 0.6) is 0 Å². The highest BCUT2D eigenvalue weighted by atomic mass is 16.3. The Kier molecular flexibility index (Phi) is 17.3. The summed E-state index contributed by atoms with van der Waals surface area (Å²) in [5.41, 5.74) is 0.893. The summed E-state index contributed by atoms with van der Waals surface area (Å²) in [4.78, 5) is 42.1. The molecule has 0 unspecified atom stereocenters. The lowest BCUT2D eigenvalue weighted by molar-refractivity contribution is -0.136. The van der Waals surface area contributed by atoms with E-state index in [2.05, 4.69) is 27.8 Å². The maximum atomic E-state index is 13.7. The minimum atomic E-state index is -1.23. The van der Waals surface area contributed by atoms with Crippen LogP contribution in [0, 0.1) is 36.5 Å². The summed E-state index contributed by atoms with van der Waals surface area (Å²) in [6, 6.07) is 7.91. The van der Waals surface area contributed by atoms with E-state index in [0.29, 0.717) is 44.3 Å². The molecule has 0 spiro atoms. The molecule has 1 aromatic rings. The highest BCUT2D eigenvalue weighted by Crippen LogP contribution is 2.29. The molecule has 248 valence electrons. The average Bonchev–Trinajstić information content (AvgIpc) is 3.02. The molecule has 3 amide bonds. The molecule has 1 fully saturated rings. The van der Waals surface area contributed by atoms with Gasteiger partial charge < -0.3 is 31.1 Å². The van der Waals surface area contributed by atoms with Crippen LogP contribution in [0.25, 0.3) is 0 Å². The average molecular weight is 623 g/mol. The van der Waals surface area contributed by atoms with E-state index in [0.717, 1.165) is 37.7 Å². The first-order valence-electron chi connectivity index (χ1n) is 16.4. The van der Waals surface area contributed by atoms with Gasteiger partial charge in [0.25, 0.3) is 0 Å². The van der Waals surface area contributed by atoms with Crippen molar-refractivity contribution < 1.29 is 24.6 Å². The minimum Gasteiger partial charge on any atom is -0.390 e. The van der Waals surface area contributed by atoms with Crippen molar-refractivity contribution in [1.82, 2.24) is 20.9 Å². The van der Waals surface area contributed by atoms with E-state index in [1.54, 1.807) is 11.9 Å². The van der Waals surface area contributed by atoms with Gasteiger partial charge in [0.05, 0.1) is 18.1 Å². The van der Waals surface area contributed by atoms with Gasteiger partial charge in [0.1, 0.15) is 12.1 Å². The van der Waals surface area contributed by atoms with Gasteiger partial charge in [-0.15, -0.1) is 24.7 Å². The summed E-state index contributed by atoms with van der Waals surface area (Å²) in [6.07, 6.45) is 15.1. The van der Waals surface area contributed by atoms with Gasteiger partial charge in [0.2, 0.25) is 17.7 Å². The lowest BCUT2D eigenvalue weighted by Crippen LogP contribution is -2.56. The van der Waals surface area contributed by atoms with Gasteiger partial charge in [-0.3, -0.25) is 14.4 Å². The zero-order chi connectivity index (χ0) is 33.2. The van der Waals surface area contributed by atoms with Crippen molar-refractivity contribution >= 4 is 17.7 Å². The fraction of sp³-hybridized carbons (Fsp3) is 0.639. The molecule has 1 aromatic carbocycles.